The topological polar surface area (TPSA) is 56.1 Å². The van der Waals surface area contributed by atoms with Crippen molar-refractivity contribution in [3.8, 4) is 0 Å². The van der Waals surface area contributed by atoms with Crippen molar-refractivity contribution in [3.63, 3.8) is 0 Å². The van der Waals surface area contributed by atoms with E-state index in [-0.39, 0.29) is 24.5 Å². The van der Waals surface area contributed by atoms with Gasteiger partial charge in [-0.25, -0.2) is 0 Å². The summed E-state index contributed by atoms with van der Waals surface area (Å²) in [6.45, 7) is 1.50. The van der Waals surface area contributed by atoms with Gasteiger partial charge in [-0.15, -0.1) is 0 Å². The van der Waals surface area contributed by atoms with Gasteiger partial charge in [-0.1, -0.05) is 48.5 Å². The van der Waals surface area contributed by atoms with E-state index >= 15 is 0 Å². The monoisotopic (exact) mass is 363 g/mol. The van der Waals surface area contributed by atoms with Crippen molar-refractivity contribution in [2.24, 2.45) is 11.0 Å². The maximum Gasteiger partial charge on any atom is 0.270 e. The molecule has 140 valence electrons. The van der Waals surface area contributed by atoms with E-state index in [2.05, 4.69) is 12.1 Å². The lowest BCUT2D eigenvalue weighted by atomic mass is 9.97. The first-order chi connectivity index (χ1) is 13.3. The van der Waals surface area contributed by atoms with Crippen molar-refractivity contribution in [1.82, 2.24) is 4.90 Å². The molecule has 5 nitrogen and oxygen atoms in total. The summed E-state index contributed by atoms with van der Waals surface area (Å²) in [5, 5.41) is 16.2. The molecule has 4 rings (SSSR count). The fourth-order valence-electron chi connectivity index (χ4n) is 3.97. The first-order valence-corrected chi connectivity index (χ1v) is 9.63. The Kier molecular flexibility index (Phi) is 5.21. The molecule has 2 aromatic carbocycles. The summed E-state index contributed by atoms with van der Waals surface area (Å²) in [6, 6.07) is 20.3. The zero-order chi connectivity index (χ0) is 18.6. The number of aliphatic hydroxyl groups is 1. The van der Waals surface area contributed by atoms with Gasteiger partial charge in [0.05, 0.1) is 11.7 Å². The van der Waals surface area contributed by atoms with Crippen LogP contribution in [0.1, 0.15) is 30.9 Å². The summed E-state index contributed by atoms with van der Waals surface area (Å²) in [5.74, 6) is 0.187. The number of piperidine rings is 1. The van der Waals surface area contributed by atoms with Crippen molar-refractivity contribution in [1.29, 1.82) is 0 Å². The average Bonchev–Trinajstić information content (AvgIpc) is 3.20. The van der Waals surface area contributed by atoms with Crippen LogP contribution in [-0.2, 0) is 4.79 Å². The van der Waals surface area contributed by atoms with Crippen molar-refractivity contribution >= 4 is 17.3 Å². The highest BCUT2D eigenvalue weighted by atomic mass is 16.3. The first kappa shape index (κ1) is 17.7. The molecule has 0 spiro atoms. The molecule has 2 aliphatic rings. The number of hydrogen-bond donors (Lipinski definition) is 1. The number of rotatable bonds is 4. The number of hydrazone groups is 1. The molecule has 1 saturated heterocycles. The second kappa shape index (κ2) is 7.92. The van der Waals surface area contributed by atoms with E-state index in [4.69, 9.17) is 5.10 Å². The smallest absolute Gasteiger partial charge is 0.270 e. The Hall–Kier alpha value is -2.66. The molecule has 2 heterocycles. The quantitative estimate of drug-likeness (QED) is 0.907. The molecule has 0 aliphatic carbocycles. The number of aliphatic hydroxyl groups excluding tert-OH is 1. The number of nitrogens with zero attached hydrogens (tertiary/aromatic N) is 3. The van der Waals surface area contributed by atoms with Crippen molar-refractivity contribution < 1.29 is 9.90 Å². The third-order valence-electron chi connectivity index (χ3n) is 5.43. The van der Waals surface area contributed by atoms with Crippen LogP contribution in [0.4, 0.5) is 5.69 Å². The number of likely N-dealkylation sites (tertiary alicyclic amines) is 1. The fourth-order valence-corrected chi connectivity index (χ4v) is 3.97. The Labute approximate surface area is 159 Å². The van der Waals surface area contributed by atoms with Crippen LogP contribution >= 0.6 is 0 Å². The van der Waals surface area contributed by atoms with Crippen LogP contribution in [0.25, 0.3) is 0 Å². The van der Waals surface area contributed by atoms with Gasteiger partial charge >= 0.3 is 0 Å². The van der Waals surface area contributed by atoms with Crippen LogP contribution in [0.15, 0.2) is 65.8 Å². The molecular weight excluding hydrogens is 338 g/mol. The molecule has 2 aromatic rings. The average molecular weight is 363 g/mol. The molecule has 0 radical (unpaired) electrons. The minimum absolute atomic E-state index is 0.00696. The van der Waals surface area contributed by atoms with E-state index in [1.807, 2.05) is 58.4 Å². The van der Waals surface area contributed by atoms with Gasteiger partial charge in [-0.05, 0) is 36.5 Å². The highest BCUT2D eigenvalue weighted by molar-refractivity contribution is 6.39. The van der Waals surface area contributed by atoms with E-state index < -0.39 is 0 Å². The normalized spacial score (nSPS) is 22.6. The zero-order valence-corrected chi connectivity index (χ0v) is 15.4. The molecule has 2 atom stereocenters. The molecular formula is C22H25N3O2. The SMILES string of the molecule is O=C(C1=NN(c2ccccc2)C(c2ccccc2)C1)N1CCCC(CO)C1. The van der Waals surface area contributed by atoms with E-state index in [9.17, 15) is 9.90 Å². The van der Waals surface area contributed by atoms with Gasteiger partial charge in [0.2, 0.25) is 0 Å². The van der Waals surface area contributed by atoms with Gasteiger partial charge in [0.25, 0.3) is 5.91 Å². The van der Waals surface area contributed by atoms with Crippen LogP contribution in [-0.4, -0.2) is 41.3 Å². The van der Waals surface area contributed by atoms with E-state index in [0.29, 0.717) is 18.7 Å². The Balaban J connectivity index is 1.61. The number of hydrogen-bond acceptors (Lipinski definition) is 4. The van der Waals surface area contributed by atoms with Gasteiger partial charge in [0.1, 0.15) is 5.71 Å². The Morgan fingerprint density at radius 1 is 1.07 bits per heavy atom. The van der Waals surface area contributed by atoms with Gasteiger partial charge in [-0.3, -0.25) is 9.80 Å². The Morgan fingerprint density at radius 3 is 2.48 bits per heavy atom. The highest BCUT2D eigenvalue weighted by Crippen LogP contribution is 2.35. The van der Waals surface area contributed by atoms with Crippen molar-refractivity contribution in [3.05, 3.63) is 66.2 Å². The summed E-state index contributed by atoms with van der Waals surface area (Å²) < 4.78 is 0. The van der Waals surface area contributed by atoms with E-state index in [0.717, 1.165) is 30.6 Å². The number of benzene rings is 2. The molecule has 2 aliphatic heterocycles. The van der Waals surface area contributed by atoms with E-state index in [1.54, 1.807) is 0 Å². The largest absolute Gasteiger partial charge is 0.396 e. The Bertz CT molecular complexity index is 807. The first-order valence-electron chi connectivity index (χ1n) is 9.63. The van der Waals surface area contributed by atoms with Crippen LogP contribution in [0.2, 0.25) is 0 Å². The standard InChI is InChI=1S/C22H25N3O2/c26-16-17-8-7-13-24(15-17)22(27)20-14-21(18-9-3-1-4-10-18)25(23-20)19-11-5-2-6-12-19/h1-6,9-12,17,21,26H,7-8,13-16H2. The summed E-state index contributed by atoms with van der Waals surface area (Å²) in [5.41, 5.74) is 2.74. The van der Waals surface area contributed by atoms with Crippen LogP contribution in [0.3, 0.4) is 0 Å². The van der Waals surface area contributed by atoms with Crippen LogP contribution in [0, 0.1) is 5.92 Å². The van der Waals surface area contributed by atoms with Gasteiger partial charge in [0.15, 0.2) is 0 Å². The molecule has 1 fully saturated rings. The molecule has 2 unspecified atom stereocenters. The molecule has 0 saturated carbocycles. The third kappa shape index (κ3) is 3.74. The summed E-state index contributed by atoms with van der Waals surface area (Å²) in [7, 11) is 0. The van der Waals surface area contributed by atoms with Crippen LogP contribution in [0.5, 0.6) is 0 Å². The molecule has 1 N–H and O–H groups in total. The molecule has 27 heavy (non-hydrogen) atoms. The maximum absolute atomic E-state index is 13.1. The van der Waals surface area contributed by atoms with Crippen molar-refractivity contribution in [2.45, 2.75) is 25.3 Å². The predicted octanol–water partition coefficient (Wildman–Crippen LogP) is 3.22. The number of carbonyl (C=O) groups excluding carboxylic acids is 1. The number of amides is 1. The van der Waals surface area contributed by atoms with Crippen molar-refractivity contribution in [2.75, 3.05) is 24.7 Å². The zero-order valence-electron chi connectivity index (χ0n) is 15.4. The lowest BCUT2D eigenvalue weighted by Gasteiger charge is -2.31. The van der Waals surface area contributed by atoms with Crippen LogP contribution < -0.4 is 5.01 Å². The second-order valence-electron chi connectivity index (χ2n) is 7.30. The molecule has 0 bridgehead atoms. The summed E-state index contributed by atoms with van der Waals surface area (Å²) >= 11 is 0. The highest BCUT2D eigenvalue weighted by Gasteiger charge is 2.35. The predicted molar refractivity (Wildman–Crippen MR) is 107 cm³/mol. The molecule has 1 amide bonds. The third-order valence-corrected chi connectivity index (χ3v) is 5.43. The van der Waals surface area contributed by atoms with E-state index in [1.165, 1.54) is 0 Å². The maximum atomic E-state index is 13.1. The molecule has 0 aromatic heterocycles. The summed E-state index contributed by atoms with van der Waals surface area (Å²) in [6.07, 6.45) is 2.52. The minimum Gasteiger partial charge on any atom is -0.396 e. The number of para-hydroxylation sites is 1. The van der Waals surface area contributed by atoms with Gasteiger partial charge in [-0.2, -0.15) is 5.10 Å². The lowest BCUT2D eigenvalue weighted by Crippen LogP contribution is -2.43. The second-order valence-corrected chi connectivity index (χ2v) is 7.30. The lowest BCUT2D eigenvalue weighted by molar-refractivity contribution is -0.126. The summed E-state index contributed by atoms with van der Waals surface area (Å²) in [4.78, 5) is 15.0. The van der Waals surface area contributed by atoms with Gasteiger partial charge < -0.3 is 10.0 Å². The number of anilines is 1. The van der Waals surface area contributed by atoms with Gasteiger partial charge in [0, 0.05) is 26.1 Å². The fraction of sp³-hybridized carbons (Fsp3) is 0.364. The molecule has 5 heteroatoms. The minimum atomic E-state index is 0.00696. The number of carbonyl (C=O) groups is 1. The Morgan fingerprint density at radius 2 is 1.78 bits per heavy atom.